The van der Waals surface area contributed by atoms with Crippen molar-refractivity contribution < 1.29 is 19.1 Å². The number of halogens is 1. The third kappa shape index (κ3) is 8.74. The van der Waals surface area contributed by atoms with E-state index >= 15 is 0 Å². The Kier molecular flexibility index (Phi) is 10.4. The number of hydrogen-bond acceptors (Lipinski definition) is 4. The van der Waals surface area contributed by atoms with Crippen LogP contribution in [0.15, 0.2) is 36.6 Å². The number of esters is 2. The number of ether oxygens (including phenoxy) is 2. The Morgan fingerprint density at radius 2 is 1.78 bits per heavy atom. The molecule has 0 radical (unpaired) electrons. The Bertz CT molecular complexity index is 526. The molecule has 4 nitrogen and oxygen atoms in total. The minimum Gasteiger partial charge on any atom is -0.462 e. The first-order valence-corrected chi connectivity index (χ1v) is 9.02. The van der Waals surface area contributed by atoms with Crippen LogP contribution in [0.3, 0.4) is 0 Å². The standard InChI is InChI=1S/C18H23IO4/c1-2-3-4-5-6-9-13-22-17(20)12-14-23-18(21)15-10-7-8-11-16(15)19/h7-8,10-12,14H,2-6,9,13H2,1H3/b14-12+. The molecule has 0 fully saturated rings. The van der Waals surface area contributed by atoms with Gasteiger partial charge in [0.15, 0.2) is 0 Å². The van der Waals surface area contributed by atoms with E-state index in [1.807, 2.05) is 12.1 Å². The molecule has 0 spiro atoms. The highest BCUT2D eigenvalue weighted by atomic mass is 127. The van der Waals surface area contributed by atoms with E-state index in [1.54, 1.807) is 12.1 Å². The predicted octanol–water partition coefficient (Wildman–Crippen LogP) is 4.87. The zero-order valence-corrected chi connectivity index (χ0v) is 15.6. The maximum atomic E-state index is 11.8. The molecule has 0 heterocycles. The predicted molar refractivity (Wildman–Crippen MR) is 98.0 cm³/mol. The molecular formula is C18H23IO4. The van der Waals surface area contributed by atoms with Crippen LogP contribution in [-0.2, 0) is 14.3 Å². The van der Waals surface area contributed by atoms with Gasteiger partial charge in [0.1, 0.15) is 6.26 Å². The van der Waals surface area contributed by atoms with Gasteiger partial charge in [0, 0.05) is 3.57 Å². The maximum Gasteiger partial charge on any atom is 0.344 e. The highest BCUT2D eigenvalue weighted by Crippen LogP contribution is 2.12. The zero-order valence-electron chi connectivity index (χ0n) is 13.4. The second kappa shape index (κ2) is 12.1. The molecule has 23 heavy (non-hydrogen) atoms. The molecule has 1 rings (SSSR count). The lowest BCUT2D eigenvalue weighted by molar-refractivity contribution is -0.137. The number of benzene rings is 1. The first-order chi connectivity index (χ1) is 11.1. The van der Waals surface area contributed by atoms with Crippen LogP contribution in [0.1, 0.15) is 55.8 Å². The summed E-state index contributed by atoms with van der Waals surface area (Å²) in [4.78, 5) is 23.3. The third-order valence-corrected chi connectivity index (χ3v) is 4.16. The molecule has 0 amide bonds. The molecule has 0 bridgehead atoms. The van der Waals surface area contributed by atoms with Gasteiger partial charge < -0.3 is 9.47 Å². The summed E-state index contributed by atoms with van der Waals surface area (Å²) in [5.41, 5.74) is 0.471. The van der Waals surface area contributed by atoms with Crippen molar-refractivity contribution in [2.24, 2.45) is 0 Å². The van der Waals surface area contributed by atoms with E-state index in [0.29, 0.717) is 12.2 Å². The van der Waals surface area contributed by atoms with E-state index in [1.165, 1.54) is 25.7 Å². The second-order valence-electron chi connectivity index (χ2n) is 5.12. The lowest BCUT2D eigenvalue weighted by Gasteiger charge is -2.03. The van der Waals surface area contributed by atoms with Gasteiger partial charge in [0.05, 0.1) is 18.2 Å². The smallest absolute Gasteiger partial charge is 0.344 e. The van der Waals surface area contributed by atoms with Gasteiger partial charge in [-0.2, -0.15) is 0 Å². The van der Waals surface area contributed by atoms with Crippen LogP contribution in [0, 0.1) is 3.57 Å². The molecule has 5 heteroatoms. The first-order valence-electron chi connectivity index (χ1n) is 7.94. The minimum atomic E-state index is -0.492. The van der Waals surface area contributed by atoms with Crippen molar-refractivity contribution in [1.29, 1.82) is 0 Å². The summed E-state index contributed by atoms with van der Waals surface area (Å²) in [5.74, 6) is -0.982. The summed E-state index contributed by atoms with van der Waals surface area (Å²) in [5, 5.41) is 0. The fraction of sp³-hybridized carbons (Fsp3) is 0.444. The molecular weight excluding hydrogens is 407 g/mol. The largest absolute Gasteiger partial charge is 0.462 e. The van der Waals surface area contributed by atoms with Gasteiger partial charge in [-0.05, 0) is 41.1 Å². The van der Waals surface area contributed by atoms with Crippen molar-refractivity contribution >= 4 is 34.5 Å². The number of carbonyl (C=O) groups excluding carboxylic acids is 2. The van der Waals surface area contributed by atoms with Crippen molar-refractivity contribution in [2.45, 2.75) is 45.4 Å². The summed E-state index contributed by atoms with van der Waals surface area (Å²) in [7, 11) is 0. The monoisotopic (exact) mass is 430 g/mol. The number of rotatable bonds is 10. The van der Waals surface area contributed by atoms with Gasteiger partial charge in [0.2, 0.25) is 0 Å². The van der Waals surface area contributed by atoms with E-state index in [4.69, 9.17) is 9.47 Å². The topological polar surface area (TPSA) is 52.6 Å². The van der Waals surface area contributed by atoms with Gasteiger partial charge in [-0.25, -0.2) is 9.59 Å². The number of carbonyl (C=O) groups is 2. The Balaban J connectivity index is 2.18. The lowest BCUT2D eigenvalue weighted by Crippen LogP contribution is -2.05. The van der Waals surface area contributed by atoms with E-state index in [9.17, 15) is 9.59 Å². The molecule has 0 N–H and O–H groups in total. The van der Waals surface area contributed by atoms with Gasteiger partial charge in [-0.3, -0.25) is 0 Å². The quantitative estimate of drug-likeness (QED) is 0.175. The van der Waals surface area contributed by atoms with E-state index in [2.05, 4.69) is 29.5 Å². The summed E-state index contributed by atoms with van der Waals surface area (Å²) in [6.07, 6.45) is 9.03. The zero-order chi connectivity index (χ0) is 16.9. The van der Waals surface area contributed by atoms with Crippen molar-refractivity contribution in [3.63, 3.8) is 0 Å². The molecule has 0 saturated heterocycles. The Hall–Kier alpha value is -1.37. The molecule has 0 unspecified atom stereocenters. The SMILES string of the molecule is CCCCCCCCOC(=O)/C=C/OC(=O)c1ccccc1I. The average molecular weight is 430 g/mol. The van der Waals surface area contributed by atoms with Crippen molar-refractivity contribution in [1.82, 2.24) is 0 Å². The molecule has 0 aliphatic rings. The third-order valence-electron chi connectivity index (χ3n) is 3.22. The van der Waals surface area contributed by atoms with Crippen molar-refractivity contribution in [3.8, 4) is 0 Å². The Morgan fingerprint density at radius 3 is 2.52 bits per heavy atom. The van der Waals surface area contributed by atoms with Crippen LogP contribution in [0.2, 0.25) is 0 Å². The van der Waals surface area contributed by atoms with E-state index in [-0.39, 0.29) is 0 Å². The van der Waals surface area contributed by atoms with Crippen molar-refractivity contribution in [3.05, 3.63) is 45.7 Å². The van der Waals surface area contributed by atoms with Gasteiger partial charge in [0.25, 0.3) is 0 Å². The first kappa shape index (κ1) is 19.7. The molecule has 0 saturated carbocycles. The Labute approximate surface area is 151 Å². The van der Waals surface area contributed by atoms with Crippen LogP contribution >= 0.6 is 22.6 Å². The number of unbranched alkanes of at least 4 members (excludes halogenated alkanes) is 5. The van der Waals surface area contributed by atoms with E-state index < -0.39 is 11.9 Å². The summed E-state index contributed by atoms with van der Waals surface area (Å²) < 4.78 is 10.8. The van der Waals surface area contributed by atoms with Gasteiger partial charge >= 0.3 is 11.9 Å². The molecule has 0 aliphatic carbocycles. The maximum absolute atomic E-state index is 11.8. The highest BCUT2D eigenvalue weighted by molar-refractivity contribution is 14.1. The van der Waals surface area contributed by atoms with Crippen LogP contribution < -0.4 is 0 Å². The van der Waals surface area contributed by atoms with Crippen LogP contribution in [0.4, 0.5) is 0 Å². The molecule has 0 aliphatic heterocycles. The van der Waals surface area contributed by atoms with Crippen LogP contribution in [-0.4, -0.2) is 18.5 Å². The number of hydrogen-bond donors (Lipinski definition) is 0. The second-order valence-corrected chi connectivity index (χ2v) is 6.29. The molecule has 0 atom stereocenters. The van der Waals surface area contributed by atoms with Gasteiger partial charge in [-0.1, -0.05) is 51.2 Å². The minimum absolute atomic E-state index is 0.403. The molecule has 1 aromatic rings. The lowest BCUT2D eigenvalue weighted by atomic mass is 10.1. The molecule has 1 aromatic carbocycles. The van der Waals surface area contributed by atoms with Crippen molar-refractivity contribution in [2.75, 3.05) is 6.61 Å². The van der Waals surface area contributed by atoms with Crippen LogP contribution in [0.5, 0.6) is 0 Å². The molecule has 0 aromatic heterocycles. The molecule has 126 valence electrons. The summed E-state index contributed by atoms with van der Waals surface area (Å²) in [6.45, 7) is 2.58. The summed E-state index contributed by atoms with van der Waals surface area (Å²) >= 11 is 2.06. The fourth-order valence-corrected chi connectivity index (χ4v) is 2.55. The van der Waals surface area contributed by atoms with E-state index in [0.717, 1.165) is 28.7 Å². The highest BCUT2D eigenvalue weighted by Gasteiger charge is 2.09. The normalized spacial score (nSPS) is 10.7. The van der Waals surface area contributed by atoms with Gasteiger partial charge in [-0.15, -0.1) is 0 Å². The fourth-order valence-electron chi connectivity index (χ4n) is 1.94. The summed E-state index contributed by atoms with van der Waals surface area (Å²) in [6, 6.07) is 7.09. The Morgan fingerprint density at radius 1 is 1.09 bits per heavy atom. The average Bonchev–Trinajstić information content (AvgIpc) is 2.54. The van der Waals surface area contributed by atoms with Crippen LogP contribution in [0.25, 0.3) is 0 Å².